The molecule has 24 N–H and O–H groups in total. The fourth-order valence-electron chi connectivity index (χ4n) is 18.7. The molecule has 0 bridgehead atoms. The van der Waals surface area contributed by atoms with Gasteiger partial charge in [0.15, 0.2) is 50.3 Å². The van der Waals surface area contributed by atoms with E-state index in [0.717, 1.165) is 38.8 Å². The van der Waals surface area contributed by atoms with E-state index in [1.54, 1.807) is 91.0 Å². The molecule has 42 atom stereocenters. The number of methoxy groups -OCH3 is 2. The van der Waals surface area contributed by atoms with E-state index in [9.17, 15) is 132 Å². The molecule has 0 aliphatic carbocycles. The Bertz CT molecular complexity index is 4720. The molecule has 52 heteroatoms. The second-order valence-corrected chi connectivity index (χ2v) is 36.2. The van der Waals surface area contributed by atoms with E-state index in [0.29, 0.717) is 21.9 Å². The van der Waals surface area contributed by atoms with E-state index in [2.05, 4.69) is 21.3 Å². The number of aliphatic carboxylic acids is 2. The van der Waals surface area contributed by atoms with E-state index in [1.807, 2.05) is 6.07 Å². The van der Waals surface area contributed by atoms with Gasteiger partial charge >= 0.3 is 59.1 Å². The van der Waals surface area contributed by atoms with Gasteiger partial charge in [-0.15, -0.1) is 0 Å². The first-order valence-electron chi connectivity index (χ1n) is 46.1. The van der Waals surface area contributed by atoms with Crippen LogP contribution in [-0.4, -0.2) is 449 Å². The molecule has 0 unspecified atom stereocenters. The fourth-order valence-corrected chi connectivity index (χ4v) is 18.7. The number of aliphatic hydroxyl groups excluding tert-OH is 20. The Labute approximate surface area is 866 Å². The molecule has 0 aromatic heterocycles. The van der Waals surface area contributed by atoms with Crippen molar-refractivity contribution in [1.82, 2.24) is 21.3 Å². The van der Waals surface area contributed by atoms with E-state index in [4.69, 9.17) is 85.3 Å². The molecule has 0 spiro atoms. The Balaban J connectivity index is 0.00000988. The minimum atomic E-state index is -3.35. The molecular weight excluding hydrogens is 1940 g/mol. The van der Waals surface area contributed by atoms with Crippen LogP contribution in [0.5, 0.6) is 0 Å². The van der Waals surface area contributed by atoms with E-state index >= 15 is 9.59 Å². The van der Waals surface area contributed by atoms with Crippen molar-refractivity contribution in [2.45, 2.75) is 323 Å². The number of hydrogen-bond acceptors (Lipinski definition) is 46. The molecule has 144 heavy (non-hydrogen) atoms. The SMILES string of the molecule is CO[C@H]1O[C@@H](O[C@H]2[C@H](O[C@@H]3O[C@@H](C)[C@@H](O)[C@@H](O)[C@@H]3O)[C@@H](NC(=O)c3ccc4ccccc4c3)[C@H](OCCCc3cccc(CCCO[C@@H]4O[C@H](CO)[C@@H](O[C@@H]5O[C@H](OC)[C@H](O)[C@H](O[C@]6(C(=O)[O-])C[C@H](O)[C@@H](NC(C)=O)[C@H]([C@H](O)[C@H](O)CO)O6)[C@H]5O)[C@H](O[C@@H]5O[C@@H](C)[C@@H](O)[C@@H](O)[C@@H]5O)[C@H]4NC(=O)c4ccc5ccccc5c4)c3)O[C@@H]2CO)[C@H](O)[C@@H](O[C@]2(C(=O)[O-])C[C@H](O)[C@@H](NC(C)=O)[C@H]([C@H](O)[C@H](O)CO)O2)[C@H]1O.[Na+].[Na+]. The van der Waals surface area contributed by atoms with Gasteiger partial charge in [0.1, 0.15) is 171 Å². The predicted molar refractivity (Wildman–Crippen MR) is 466 cm³/mol. The van der Waals surface area contributed by atoms with Crippen LogP contribution < -0.4 is 90.6 Å². The average Bonchev–Trinajstić information content (AvgIpc) is 0.751. The van der Waals surface area contributed by atoms with Crippen molar-refractivity contribution >= 4 is 57.1 Å². The Morgan fingerprint density at radius 3 is 1.08 bits per heavy atom. The topological polar surface area (TPSA) is 767 Å². The summed E-state index contributed by atoms with van der Waals surface area (Å²) in [6.07, 6.45) is -74.7. The number of carboxylic acid groups (broad SMARTS) is 2. The zero-order valence-electron chi connectivity index (χ0n) is 79.5. The van der Waals surface area contributed by atoms with Gasteiger partial charge in [0.25, 0.3) is 11.8 Å². The Hall–Kier alpha value is -6.08. The number of benzene rings is 5. The van der Waals surface area contributed by atoms with Crippen molar-refractivity contribution < 1.29 is 285 Å². The van der Waals surface area contributed by atoms with Crippen molar-refractivity contribution in [2.24, 2.45) is 0 Å². The van der Waals surface area contributed by atoms with Gasteiger partial charge in [-0.1, -0.05) is 84.9 Å². The number of nitrogens with one attached hydrogen (secondary N) is 4. The van der Waals surface area contributed by atoms with Crippen LogP contribution in [0.3, 0.4) is 0 Å². The van der Waals surface area contributed by atoms with Crippen LogP contribution in [-0.2, 0) is 117 Å². The maximum Gasteiger partial charge on any atom is 1.00 e. The molecule has 8 heterocycles. The summed E-state index contributed by atoms with van der Waals surface area (Å²) in [6, 6.07) is 23.6. The van der Waals surface area contributed by atoms with Gasteiger partial charge in [-0.05, 0) is 96.5 Å². The maximum absolute atomic E-state index is 15.0. The van der Waals surface area contributed by atoms with Gasteiger partial charge in [0.2, 0.25) is 23.4 Å². The maximum atomic E-state index is 15.0. The smallest absolute Gasteiger partial charge is 0.544 e. The number of carboxylic acids is 2. The summed E-state index contributed by atoms with van der Waals surface area (Å²) in [6.45, 7) is -0.368. The summed E-state index contributed by atoms with van der Waals surface area (Å²) in [5.74, 6) is -14.7. The predicted octanol–water partition coefficient (Wildman–Crippen LogP) is -17.4. The van der Waals surface area contributed by atoms with Crippen LogP contribution in [0.4, 0.5) is 0 Å². The molecule has 0 radical (unpaired) electrons. The third-order valence-electron chi connectivity index (χ3n) is 26.3. The summed E-state index contributed by atoms with van der Waals surface area (Å²) >= 11 is 0. The monoisotopic (exact) mass is 2070 g/mol. The number of fused-ring (bicyclic) bond motifs is 2. The van der Waals surface area contributed by atoms with E-state index < -0.39 is 332 Å². The second-order valence-electron chi connectivity index (χ2n) is 36.2. The minimum Gasteiger partial charge on any atom is -0.544 e. The Kier molecular flexibility index (Phi) is 42.9. The standard InChI is InChI=1S/C92H126N4O46.2Na/c1-37-59(107)63(111)65(113)85(129-37)135-75-57(95-79(119)47-24-22-43-18-7-9-20-45(43)29-47)81(131-53(35-99)71(75)133-87-69(117)77(67(115)83(125-5)137-87)141-91(89(121)122)31-49(103)55(93-39(3)101)73(139-91)61(109)51(105)33-97)127-26-12-16-41-14-11-15-42(28-41)17-13-27-128-82-58(96-80(120)48-25-23-44-19-8-10-21-46(44)30-48)76(136-86-66(114)64(112)60(108)38(2)130-86)72(54(36-100)132-82)134-88-70(118)78(68(116)84(126-6)138-88)142-92(90(123)124)32-50(104)56(94-40(4)102)74(140-92)62(110)52(106)34-98;;/h7-11,14-15,18-25,28-30,37-38,49-78,81-88,97-100,103-118H,12-13,16-17,26-27,31-36H2,1-6H3,(H,93,101)(H,94,102)(H,95,119)(H,96,120)(H,121,122)(H,123,124);;/q;2*+1/p-2/t37-,38-,49-,50-,51+,52+,53+,54+,55+,56+,57+,58+,59+,60+,61+,62+,63+,64+,65-,66-,67+,68+,69+,70+,71+,72+,73+,74+,75+,76+,77-,78-,81+,82+,83-,84-,85-,86-,87+,88+,91-,92-;;/m0../s1. The van der Waals surface area contributed by atoms with Crippen LogP contribution in [0.25, 0.3) is 21.5 Å². The molecule has 5 aromatic carbocycles. The van der Waals surface area contributed by atoms with Gasteiger partial charge in [-0.25, -0.2) is 0 Å². The summed E-state index contributed by atoms with van der Waals surface area (Å²) in [5.41, 5.74) is 1.45. The molecule has 8 saturated heterocycles. The van der Waals surface area contributed by atoms with Gasteiger partial charge < -0.3 is 228 Å². The van der Waals surface area contributed by atoms with Crippen LogP contribution >= 0.6 is 0 Å². The Morgan fingerprint density at radius 1 is 0.396 bits per heavy atom. The van der Waals surface area contributed by atoms with Crippen molar-refractivity contribution in [2.75, 3.05) is 53.9 Å². The summed E-state index contributed by atoms with van der Waals surface area (Å²) < 4.78 is 110. The number of ether oxygens (including phenoxy) is 18. The van der Waals surface area contributed by atoms with Gasteiger partial charge in [-0.2, -0.15) is 0 Å². The zero-order valence-corrected chi connectivity index (χ0v) is 83.5. The largest absolute Gasteiger partial charge is 1.00 e. The van der Waals surface area contributed by atoms with E-state index in [1.165, 1.54) is 26.0 Å². The molecule has 0 saturated carbocycles. The first kappa shape index (κ1) is 118. The molecule has 5 aromatic rings. The quantitative estimate of drug-likeness (QED) is 0.0128. The Morgan fingerprint density at radius 2 is 0.743 bits per heavy atom. The third kappa shape index (κ3) is 26.8. The van der Waals surface area contributed by atoms with Crippen LogP contribution in [0, 0.1) is 0 Å². The normalized spacial score (nSPS) is 38.1. The number of hydrogen-bond donors (Lipinski definition) is 24. The van der Waals surface area contributed by atoms with Crippen molar-refractivity contribution in [3.05, 3.63) is 131 Å². The van der Waals surface area contributed by atoms with Crippen molar-refractivity contribution in [1.29, 1.82) is 0 Å². The first-order chi connectivity index (χ1) is 67.6. The summed E-state index contributed by atoms with van der Waals surface area (Å²) in [5, 5.41) is 265. The molecule has 4 amide bonds. The number of aryl methyl sites for hydroxylation is 2. The molecule has 8 aliphatic heterocycles. The number of rotatable bonds is 40. The van der Waals surface area contributed by atoms with Gasteiger partial charge in [0, 0.05) is 52.0 Å². The number of aliphatic hydroxyl groups is 20. The minimum absolute atomic E-state index is 0. The first-order valence-corrected chi connectivity index (χ1v) is 46.1. The van der Waals surface area contributed by atoms with Crippen molar-refractivity contribution in [3.63, 3.8) is 0 Å². The molecule has 50 nitrogen and oxygen atoms in total. The van der Waals surface area contributed by atoms with Crippen LogP contribution in [0.2, 0.25) is 0 Å². The molecule has 8 fully saturated rings. The summed E-state index contributed by atoms with van der Waals surface area (Å²) in [4.78, 5) is 81.7. The zero-order chi connectivity index (χ0) is 103. The van der Waals surface area contributed by atoms with E-state index in [-0.39, 0.29) is 109 Å². The number of amides is 4. The van der Waals surface area contributed by atoms with Crippen LogP contribution in [0.1, 0.15) is 85.2 Å². The van der Waals surface area contributed by atoms with Gasteiger partial charge in [-0.3, -0.25) is 19.2 Å². The molecular formula is C92H124N4Na2O46. The third-order valence-corrected chi connectivity index (χ3v) is 26.3. The molecule has 8 aliphatic rings. The fraction of sp³-hybridized carbons (Fsp3) is 0.652. The number of carbonyl (C=O) groups is 6. The van der Waals surface area contributed by atoms with Crippen LogP contribution in [0.15, 0.2) is 109 Å². The molecule has 13 rings (SSSR count). The average molecular weight is 2070 g/mol. The van der Waals surface area contributed by atoms with Gasteiger partial charge in [0.05, 0.1) is 76.1 Å². The second kappa shape index (κ2) is 52.3. The molecule has 790 valence electrons. The van der Waals surface area contributed by atoms with Crippen molar-refractivity contribution in [3.8, 4) is 0 Å². The summed E-state index contributed by atoms with van der Waals surface area (Å²) in [7, 11) is 1.98. The number of carbonyl (C=O) groups excluding carboxylic acids is 6.